The zero-order chi connectivity index (χ0) is 16.2. The molecule has 8 heteroatoms. The van der Waals surface area contributed by atoms with E-state index in [1.165, 1.54) is 12.1 Å². The molecule has 1 aliphatic heterocycles. The number of benzene rings is 1. The summed E-state index contributed by atoms with van der Waals surface area (Å²) in [7, 11) is 0. The van der Waals surface area contributed by atoms with Crippen LogP contribution in [0.25, 0.3) is 0 Å². The highest BCUT2D eigenvalue weighted by Gasteiger charge is 2.30. The van der Waals surface area contributed by atoms with Crippen molar-refractivity contribution in [2.24, 2.45) is 0 Å². The van der Waals surface area contributed by atoms with Crippen LogP contribution >= 0.6 is 11.9 Å². The monoisotopic (exact) mass is 333 g/mol. The summed E-state index contributed by atoms with van der Waals surface area (Å²) in [5, 5.41) is 5.41. The highest BCUT2D eigenvalue weighted by molar-refractivity contribution is 7.96. The number of piperidine rings is 1. The maximum atomic E-state index is 12.4. The van der Waals surface area contributed by atoms with Gasteiger partial charge in [0.2, 0.25) is 0 Å². The molecule has 1 heterocycles. The van der Waals surface area contributed by atoms with Crippen molar-refractivity contribution in [3.8, 4) is 0 Å². The van der Waals surface area contributed by atoms with E-state index in [9.17, 15) is 18.0 Å². The Balaban J connectivity index is 1.82. The molecule has 2 amide bonds. The molecule has 1 aromatic rings. The van der Waals surface area contributed by atoms with Crippen molar-refractivity contribution in [1.82, 2.24) is 9.62 Å². The molecule has 122 valence electrons. The third-order valence-electron chi connectivity index (χ3n) is 3.52. The predicted molar refractivity (Wildman–Crippen MR) is 81.7 cm³/mol. The van der Waals surface area contributed by atoms with Gasteiger partial charge in [-0.1, -0.05) is 11.9 Å². The molecule has 0 atom stereocenters. The van der Waals surface area contributed by atoms with Crippen LogP contribution in [0.5, 0.6) is 0 Å². The molecule has 2 rings (SSSR count). The second-order valence-electron chi connectivity index (χ2n) is 5.06. The zero-order valence-electron chi connectivity index (χ0n) is 12.1. The summed E-state index contributed by atoms with van der Waals surface area (Å²) in [6.07, 6.45) is -0.625. The third kappa shape index (κ3) is 4.81. The lowest BCUT2D eigenvalue weighted by atomic mass is 10.1. The van der Waals surface area contributed by atoms with E-state index in [0.717, 1.165) is 38.1 Å². The first-order valence-corrected chi connectivity index (χ1v) is 8.10. The number of hydrogen-bond acceptors (Lipinski definition) is 3. The third-order valence-corrected chi connectivity index (χ3v) is 4.40. The molecule has 2 N–H and O–H groups in total. The van der Waals surface area contributed by atoms with E-state index in [1.807, 2.05) is 6.26 Å². The van der Waals surface area contributed by atoms with Crippen LogP contribution in [0.2, 0.25) is 0 Å². The minimum absolute atomic E-state index is 0.0952. The Hall–Kier alpha value is -1.41. The number of rotatable bonds is 3. The summed E-state index contributed by atoms with van der Waals surface area (Å²) >= 11 is 1.69. The minimum Gasteiger partial charge on any atom is -0.335 e. The van der Waals surface area contributed by atoms with Crippen LogP contribution in [-0.4, -0.2) is 35.7 Å². The molecule has 1 aliphatic rings. The highest BCUT2D eigenvalue weighted by Crippen LogP contribution is 2.29. The number of urea groups is 1. The molecule has 1 aromatic carbocycles. The zero-order valence-corrected chi connectivity index (χ0v) is 12.9. The summed E-state index contributed by atoms with van der Waals surface area (Å²) in [5.74, 6) is 0. The van der Waals surface area contributed by atoms with E-state index in [4.69, 9.17) is 0 Å². The van der Waals surface area contributed by atoms with Gasteiger partial charge in [-0.25, -0.2) is 4.79 Å². The summed E-state index contributed by atoms with van der Waals surface area (Å²) in [6, 6.07) is 4.11. The van der Waals surface area contributed by atoms with Gasteiger partial charge in [-0.2, -0.15) is 13.2 Å². The summed E-state index contributed by atoms with van der Waals surface area (Å²) in [5.41, 5.74) is -0.394. The lowest BCUT2D eigenvalue weighted by molar-refractivity contribution is -0.137. The number of halogens is 3. The molecular formula is C14H18F3N3OS. The first-order valence-electron chi connectivity index (χ1n) is 6.92. The second kappa shape index (κ2) is 7.23. The van der Waals surface area contributed by atoms with Gasteiger partial charge in [0, 0.05) is 24.8 Å². The van der Waals surface area contributed by atoms with Gasteiger partial charge in [0.1, 0.15) is 0 Å². The van der Waals surface area contributed by atoms with E-state index in [1.54, 1.807) is 11.9 Å². The molecule has 0 bridgehead atoms. The Labute approximate surface area is 131 Å². The molecule has 1 saturated heterocycles. The molecule has 1 fully saturated rings. The number of carbonyl (C=O) groups excluding carboxylic acids is 1. The Kier molecular flexibility index (Phi) is 5.57. The summed E-state index contributed by atoms with van der Waals surface area (Å²) < 4.78 is 39.6. The molecular weight excluding hydrogens is 315 g/mol. The van der Waals surface area contributed by atoms with Crippen LogP contribution in [0, 0.1) is 0 Å². The number of nitrogens with one attached hydrogen (secondary N) is 2. The van der Waals surface area contributed by atoms with E-state index in [2.05, 4.69) is 14.9 Å². The van der Waals surface area contributed by atoms with Gasteiger partial charge in [0.15, 0.2) is 0 Å². The average molecular weight is 333 g/mol. The fourth-order valence-corrected chi connectivity index (χ4v) is 2.85. The molecule has 0 aromatic heterocycles. The first-order chi connectivity index (χ1) is 10.4. The Bertz CT molecular complexity index is 499. The lowest BCUT2D eigenvalue weighted by Crippen LogP contribution is -2.44. The van der Waals surface area contributed by atoms with Gasteiger partial charge in [-0.05, 0) is 43.4 Å². The van der Waals surface area contributed by atoms with E-state index in [-0.39, 0.29) is 12.1 Å². The van der Waals surface area contributed by atoms with Crippen molar-refractivity contribution in [2.75, 3.05) is 24.7 Å². The fourth-order valence-electron chi connectivity index (χ4n) is 2.28. The Morgan fingerprint density at radius 3 is 2.32 bits per heavy atom. The highest BCUT2D eigenvalue weighted by atomic mass is 32.2. The minimum atomic E-state index is -4.37. The molecule has 0 spiro atoms. The number of hydrogen-bond donors (Lipinski definition) is 2. The van der Waals surface area contributed by atoms with Crippen molar-refractivity contribution in [3.05, 3.63) is 29.8 Å². The van der Waals surface area contributed by atoms with E-state index in [0.29, 0.717) is 5.69 Å². The number of nitrogens with zero attached hydrogens (tertiary/aromatic N) is 1. The predicted octanol–water partition coefficient (Wildman–Crippen LogP) is 3.57. The van der Waals surface area contributed by atoms with Crippen molar-refractivity contribution in [3.63, 3.8) is 0 Å². The number of amides is 2. The van der Waals surface area contributed by atoms with Gasteiger partial charge in [0.05, 0.1) is 5.56 Å². The summed E-state index contributed by atoms with van der Waals surface area (Å²) in [4.78, 5) is 11.9. The first kappa shape index (κ1) is 17.0. The van der Waals surface area contributed by atoms with Crippen molar-refractivity contribution in [1.29, 1.82) is 0 Å². The summed E-state index contributed by atoms with van der Waals surface area (Å²) in [6.45, 7) is 1.82. The van der Waals surface area contributed by atoms with Gasteiger partial charge in [0.25, 0.3) is 0 Å². The molecule has 22 heavy (non-hydrogen) atoms. The standard InChI is InChI=1S/C14H18F3N3OS/c1-22-20-8-6-12(7-9-20)19-13(21)18-11-4-2-10(3-5-11)14(15,16)17/h2-5,12H,6-9H2,1H3,(H2,18,19,21). The van der Waals surface area contributed by atoms with Crippen molar-refractivity contribution >= 4 is 23.7 Å². The van der Waals surface area contributed by atoms with Gasteiger partial charge in [-0.3, -0.25) is 4.31 Å². The number of alkyl halides is 3. The van der Waals surface area contributed by atoms with Gasteiger partial charge < -0.3 is 10.6 Å². The van der Waals surface area contributed by atoms with Crippen LogP contribution in [-0.2, 0) is 6.18 Å². The quantitative estimate of drug-likeness (QED) is 0.831. The van der Waals surface area contributed by atoms with Gasteiger partial charge in [-0.15, -0.1) is 0 Å². The molecule has 0 saturated carbocycles. The van der Waals surface area contributed by atoms with Crippen molar-refractivity contribution in [2.45, 2.75) is 25.1 Å². The molecule has 0 unspecified atom stereocenters. The lowest BCUT2D eigenvalue weighted by Gasteiger charge is -2.30. The molecule has 0 radical (unpaired) electrons. The Morgan fingerprint density at radius 2 is 1.82 bits per heavy atom. The van der Waals surface area contributed by atoms with Crippen LogP contribution in [0.3, 0.4) is 0 Å². The second-order valence-corrected chi connectivity index (χ2v) is 5.94. The smallest absolute Gasteiger partial charge is 0.335 e. The fraction of sp³-hybridized carbons (Fsp3) is 0.500. The molecule has 0 aliphatic carbocycles. The number of carbonyl (C=O) groups is 1. The van der Waals surface area contributed by atoms with Crippen molar-refractivity contribution < 1.29 is 18.0 Å². The topological polar surface area (TPSA) is 44.4 Å². The van der Waals surface area contributed by atoms with Crippen LogP contribution in [0.1, 0.15) is 18.4 Å². The van der Waals surface area contributed by atoms with Gasteiger partial charge >= 0.3 is 12.2 Å². The van der Waals surface area contributed by atoms with Crippen LogP contribution < -0.4 is 10.6 Å². The number of anilines is 1. The van der Waals surface area contributed by atoms with E-state index >= 15 is 0 Å². The maximum absolute atomic E-state index is 12.4. The Morgan fingerprint density at radius 1 is 1.23 bits per heavy atom. The largest absolute Gasteiger partial charge is 0.416 e. The van der Waals surface area contributed by atoms with Crippen LogP contribution in [0.4, 0.5) is 23.7 Å². The molecule has 4 nitrogen and oxygen atoms in total. The van der Waals surface area contributed by atoms with E-state index < -0.39 is 11.7 Å². The normalized spacial score (nSPS) is 17.3. The maximum Gasteiger partial charge on any atom is 0.416 e. The average Bonchev–Trinajstić information content (AvgIpc) is 2.47. The SMILES string of the molecule is CSN1CCC(NC(=O)Nc2ccc(C(F)(F)F)cc2)CC1. The van der Waals surface area contributed by atoms with Crippen LogP contribution in [0.15, 0.2) is 24.3 Å².